The van der Waals surface area contributed by atoms with Gasteiger partial charge in [-0.25, -0.2) is 4.79 Å². The highest BCUT2D eigenvalue weighted by Crippen LogP contribution is 2.10. The van der Waals surface area contributed by atoms with E-state index in [-0.39, 0.29) is 0 Å². The number of carboxylic acid groups (broad SMARTS) is 1. The van der Waals surface area contributed by atoms with Crippen LogP contribution in [0.25, 0.3) is 0 Å². The van der Waals surface area contributed by atoms with Gasteiger partial charge in [0, 0.05) is 5.57 Å². The van der Waals surface area contributed by atoms with E-state index < -0.39 is 5.97 Å². The van der Waals surface area contributed by atoms with Crippen molar-refractivity contribution in [3.8, 4) is 0 Å². The Labute approximate surface area is 118 Å². The van der Waals surface area contributed by atoms with E-state index in [0.29, 0.717) is 5.57 Å². The van der Waals surface area contributed by atoms with Crippen LogP contribution in [0.2, 0.25) is 0 Å². The second-order valence-electron chi connectivity index (χ2n) is 5.20. The predicted octanol–water partition coefficient (Wildman–Crippen LogP) is 5.49. The Balaban J connectivity index is 3.29. The maximum absolute atomic E-state index is 10.5. The molecular formula is C17H30O2. The molecule has 0 aromatic rings. The number of carboxylic acids is 1. The van der Waals surface area contributed by atoms with Crippen molar-refractivity contribution in [1.82, 2.24) is 0 Å². The summed E-state index contributed by atoms with van der Waals surface area (Å²) in [6.07, 6.45) is 18.7. The van der Waals surface area contributed by atoms with Crippen LogP contribution in [0, 0.1) is 0 Å². The van der Waals surface area contributed by atoms with Gasteiger partial charge in [-0.2, -0.15) is 0 Å². The second-order valence-corrected chi connectivity index (χ2v) is 5.20. The fraction of sp³-hybridized carbons (Fsp3) is 0.706. The lowest BCUT2D eigenvalue weighted by molar-refractivity contribution is -0.132. The molecule has 0 fully saturated rings. The van der Waals surface area contributed by atoms with E-state index in [1.54, 1.807) is 13.0 Å². The Kier molecular flexibility index (Phi) is 12.6. The standard InChI is InChI=1S/C17H30O2/c1-3-4-5-6-7-8-9-10-11-12-13-14-15-16(2)17(18)19/h13-15H,3-12H2,1-2H3,(H,18,19). The van der Waals surface area contributed by atoms with E-state index in [4.69, 9.17) is 5.11 Å². The third kappa shape index (κ3) is 13.2. The number of hydrogen-bond donors (Lipinski definition) is 1. The highest BCUT2D eigenvalue weighted by Gasteiger charge is 1.95. The van der Waals surface area contributed by atoms with Crippen molar-refractivity contribution in [2.24, 2.45) is 0 Å². The van der Waals surface area contributed by atoms with Crippen molar-refractivity contribution < 1.29 is 9.90 Å². The normalized spacial score (nSPS) is 12.2. The number of rotatable bonds is 12. The van der Waals surface area contributed by atoms with Crippen LogP contribution in [-0.4, -0.2) is 11.1 Å². The second kappa shape index (κ2) is 13.4. The van der Waals surface area contributed by atoms with Gasteiger partial charge in [0.25, 0.3) is 0 Å². The first-order chi connectivity index (χ1) is 9.18. The van der Waals surface area contributed by atoms with E-state index in [1.807, 2.05) is 6.08 Å². The van der Waals surface area contributed by atoms with Crippen LogP contribution in [0.3, 0.4) is 0 Å². The molecule has 0 unspecified atom stereocenters. The molecular weight excluding hydrogens is 236 g/mol. The van der Waals surface area contributed by atoms with Crippen LogP contribution in [0.1, 0.15) is 78.1 Å². The topological polar surface area (TPSA) is 37.3 Å². The number of aliphatic carboxylic acids is 1. The zero-order chi connectivity index (χ0) is 14.3. The van der Waals surface area contributed by atoms with E-state index in [9.17, 15) is 4.79 Å². The van der Waals surface area contributed by atoms with E-state index in [0.717, 1.165) is 6.42 Å². The summed E-state index contributed by atoms with van der Waals surface area (Å²) in [5.41, 5.74) is 0.392. The molecule has 1 N–H and O–H groups in total. The monoisotopic (exact) mass is 266 g/mol. The van der Waals surface area contributed by atoms with E-state index in [1.165, 1.54) is 57.8 Å². The van der Waals surface area contributed by atoms with Crippen molar-refractivity contribution in [2.75, 3.05) is 0 Å². The average Bonchev–Trinajstić information content (AvgIpc) is 2.39. The van der Waals surface area contributed by atoms with Gasteiger partial charge in [0.15, 0.2) is 0 Å². The average molecular weight is 266 g/mol. The first-order valence-electron chi connectivity index (χ1n) is 7.75. The minimum Gasteiger partial charge on any atom is -0.478 e. The zero-order valence-electron chi connectivity index (χ0n) is 12.7. The molecule has 0 atom stereocenters. The fourth-order valence-electron chi connectivity index (χ4n) is 1.95. The number of allylic oxidation sites excluding steroid dienone is 3. The minimum atomic E-state index is -0.840. The number of hydrogen-bond acceptors (Lipinski definition) is 1. The van der Waals surface area contributed by atoms with Crippen LogP contribution in [0.4, 0.5) is 0 Å². The zero-order valence-corrected chi connectivity index (χ0v) is 12.7. The first-order valence-corrected chi connectivity index (χ1v) is 7.75. The maximum Gasteiger partial charge on any atom is 0.331 e. The molecule has 0 spiro atoms. The summed E-state index contributed by atoms with van der Waals surface area (Å²) >= 11 is 0. The Morgan fingerprint density at radius 1 is 0.947 bits per heavy atom. The molecule has 0 amide bonds. The van der Waals surface area contributed by atoms with Crippen molar-refractivity contribution in [1.29, 1.82) is 0 Å². The third-order valence-corrected chi connectivity index (χ3v) is 3.29. The molecule has 2 heteroatoms. The first kappa shape index (κ1) is 17.9. The van der Waals surface area contributed by atoms with Crippen LogP contribution in [0.5, 0.6) is 0 Å². The molecule has 0 aromatic heterocycles. The lowest BCUT2D eigenvalue weighted by Crippen LogP contribution is -1.94. The highest BCUT2D eigenvalue weighted by molar-refractivity contribution is 5.86. The number of carbonyl (C=O) groups is 1. The Morgan fingerprint density at radius 3 is 2.00 bits per heavy atom. The largest absolute Gasteiger partial charge is 0.478 e. The molecule has 0 aromatic carbocycles. The van der Waals surface area contributed by atoms with Crippen molar-refractivity contribution in [2.45, 2.75) is 78.1 Å². The molecule has 0 saturated carbocycles. The van der Waals surface area contributed by atoms with Gasteiger partial charge in [-0.15, -0.1) is 0 Å². The molecule has 0 saturated heterocycles. The summed E-state index contributed by atoms with van der Waals surface area (Å²) in [6.45, 7) is 3.87. The minimum absolute atomic E-state index is 0.392. The predicted molar refractivity (Wildman–Crippen MR) is 82.4 cm³/mol. The molecule has 0 aliphatic heterocycles. The summed E-state index contributed by atoms with van der Waals surface area (Å²) < 4.78 is 0. The Morgan fingerprint density at radius 2 is 1.47 bits per heavy atom. The van der Waals surface area contributed by atoms with Crippen LogP contribution < -0.4 is 0 Å². The third-order valence-electron chi connectivity index (χ3n) is 3.29. The SMILES string of the molecule is CCCCCCCCCCCC=CC=C(C)C(=O)O. The quantitative estimate of drug-likeness (QED) is 0.288. The summed E-state index contributed by atoms with van der Waals surface area (Å²) in [5, 5.41) is 8.66. The Bertz CT molecular complexity index is 277. The van der Waals surface area contributed by atoms with Gasteiger partial charge < -0.3 is 5.11 Å². The summed E-state index contributed by atoms with van der Waals surface area (Å²) in [7, 11) is 0. The summed E-state index contributed by atoms with van der Waals surface area (Å²) in [4.78, 5) is 10.5. The molecule has 0 radical (unpaired) electrons. The van der Waals surface area contributed by atoms with Crippen LogP contribution in [-0.2, 0) is 4.79 Å². The van der Waals surface area contributed by atoms with Crippen LogP contribution in [0.15, 0.2) is 23.8 Å². The summed E-state index contributed by atoms with van der Waals surface area (Å²) in [5.74, 6) is -0.840. The molecule has 2 nitrogen and oxygen atoms in total. The van der Waals surface area contributed by atoms with Gasteiger partial charge in [-0.1, -0.05) is 76.5 Å². The lowest BCUT2D eigenvalue weighted by Gasteiger charge is -2.00. The van der Waals surface area contributed by atoms with E-state index >= 15 is 0 Å². The molecule has 0 aliphatic rings. The van der Waals surface area contributed by atoms with Crippen molar-refractivity contribution >= 4 is 5.97 Å². The molecule has 0 bridgehead atoms. The van der Waals surface area contributed by atoms with Crippen LogP contribution >= 0.6 is 0 Å². The van der Waals surface area contributed by atoms with Gasteiger partial charge in [0.1, 0.15) is 0 Å². The van der Waals surface area contributed by atoms with Gasteiger partial charge in [-0.3, -0.25) is 0 Å². The smallest absolute Gasteiger partial charge is 0.331 e. The highest BCUT2D eigenvalue weighted by atomic mass is 16.4. The maximum atomic E-state index is 10.5. The molecule has 110 valence electrons. The summed E-state index contributed by atoms with van der Waals surface area (Å²) in [6, 6.07) is 0. The molecule has 0 aliphatic carbocycles. The molecule has 0 heterocycles. The van der Waals surface area contributed by atoms with Crippen molar-refractivity contribution in [3.05, 3.63) is 23.8 Å². The van der Waals surface area contributed by atoms with Gasteiger partial charge in [0.05, 0.1) is 0 Å². The van der Waals surface area contributed by atoms with E-state index in [2.05, 4.69) is 13.0 Å². The van der Waals surface area contributed by atoms with Gasteiger partial charge >= 0.3 is 5.97 Å². The molecule has 19 heavy (non-hydrogen) atoms. The number of unbranched alkanes of at least 4 members (excludes halogenated alkanes) is 9. The lowest BCUT2D eigenvalue weighted by atomic mass is 10.1. The van der Waals surface area contributed by atoms with Crippen molar-refractivity contribution in [3.63, 3.8) is 0 Å². The molecule has 0 rings (SSSR count). The van der Waals surface area contributed by atoms with Gasteiger partial charge in [0.2, 0.25) is 0 Å². The Hall–Kier alpha value is -1.05. The van der Waals surface area contributed by atoms with Gasteiger partial charge in [-0.05, 0) is 19.8 Å². The fourth-order valence-corrected chi connectivity index (χ4v) is 1.95.